The van der Waals surface area contributed by atoms with E-state index in [4.69, 9.17) is 4.74 Å². The molecule has 14 heavy (non-hydrogen) atoms. The van der Waals surface area contributed by atoms with Crippen molar-refractivity contribution in [1.82, 2.24) is 0 Å². The third kappa shape index (κ3) is 4.57. The minimum absolute atomic E-state index is 0.738. The lowest BCUT2D eigenvalue weighted by molar-refractivity contribution is 0.313. The molecule has 1 aromatic rings. The number of hydrogen-bond donors (Lipinski definition) is 0. The SMILES string of the molecule is CCC#CCCCOc1cc[c]cc1. The van der Waals surface area contributed by atoms with Crippen LogP contribution in [-0.2, 0) is 0 Å². The highest BCUT2D eigenvalue weighted by Gasteiger charge is 1.89. The van der Waals surface area contributed by atoms with Gasteiger partial charge in [0.15, 0.2) is 0 Å². The van der Waals surface area contributed by atoms with Crippen molar-refractivity contribution in [2.24, 2.45) is 0 Å². The Kier molecular flexibility index (Phi) is 5.35. The molecule has 0 unspecified atom stereocenters. The number of hydrogen-bond acceptors (Lipinski definition) is 1. The first-order valence-electron chi connectivity index (χ1n) is 4.98. The summed E-state index contributed by atoms with van der Waals surface area (Å²) in [5.74, 6) is 7.03. The maximum atomic E-state index is 5.50. The lowest BCUT2D eigenvalue weighted by atomic mass is 10.3. The van der Waals surface area contributed by atoms with E-state index in [-0.39, 0.29) is 0 Å². The first-order valence-corrected chi connectivity index (χ1v) is 4.98. The Morgan fingerprint density at radius 3 is 2.79 bits per heavy atom. The van der Waals surface area contributed by atoms with Crippen LogP contribution in [0.15, 0.2) is 24.3 Å². The van der Waals surface area contributed by atoms with Crippen LogP contribution in [0.3, 0.4) is 0 Å². The van der Waals surface area contributed by atoms with Crippen molar-refractivity contribution in [1.29, 1.82) is 0 Å². The molecule has 1 nitrogen and oxygen atoms in total. The summed E-state index contributed by atoms with van der Waals surface area (Å²) in [7, 11) is 0. The monoisotopic (exact) mass is 187 g/mol. The van der Waals surface area contributed by atoms with Crippen LogP contribution in [0, 0.1) is 17.9 Å². The molecule has 0 bridgehead atoms. The Hall–Kier alpha value is -1.42. The largest absolute Gasteiger partial charge is 0.494 e. The normalized spacial score (nSPS) is 8.93. The minimum atomic E-state index is 0.738. The molecule has 0 saturated heterocycles. The topological polar surface area (TPSA) is 9.23 Å². The van der Waals surface area contributed by atoms with Crippen LogP contribution in [0.5, 0.6) is 5.75 Å². The number of rotatable bonds is 4. The molecule has 1 heteroatoms. The van der Waals surface area contributed by atoms with Crippen molar-refractivity contribution in [3.8, 4) is 17.6 Å². The third-order valence-electron chi connectivity index (χ3n) is 1.70. The molecule has 0 atom stereocenters. The van der Waals surface area contributed by atoms with E-state index in [1.807, 2.05) is 24.3 Å². The predicted octanol–water partition coefficient (Wildman–Crippen LogP) is 3.06. The van der Waals surface area contributed by atoms with Crippen LogP contribution in [0.4, 0.5) is 0 Å². The van der Waals surface area contributed by atoms with Gasteiger partial charge in [-0.2, -0.15) is 0 Å². The molecule has 73 valence electrons. The van der Waals surface area contributed by atoms with Crippen LogP contribution < -0.4 is 4.74 Å². The van der Waals surface area contributed by atoms with Gasteiger partial charge in [-0.25, -0.2) is 0 Å². The van der Waals surface area contributed by atoms with Crippen molar-refractivity contribution in [2.45, 2.75) is 26.2 Å². The summed E-state index contributed by atoms with van der Waals surface area (Å²) in [5, 5.41) is 0. The molecule has 0 aliphatic rings. The van der Waals surface area contributed by atoms with E-state index < -0.39 is 0 Å². The molecule has 1 radical (unpaired) electrons. The van der Waals surface area contributed by atoms with E-state index in [9.17, 15) is 0 Å². The van der Waals surface area contributed by atoms with Crippen molar-refractivity contribution in [2.75, 3.05) is 6.61 Å². The second-order valence-electron chi connectivity index (χ2n) is 2.89. The van der Waals surface area contributed by atoms with Gasteiger partial charge in [0.05, 0.1) is 6.61 Å². The minimum Gasteiger partial charge on any atom is -0.494 e. The van der Waals surface area contributed by atoms with Gasteiger partial charge in [0, 0.05) is 12.8 Å². The van der Waals surface area contributed by atoms with E-state index in [2.05, 4.69) is 24.8 Å². The van der Waals surface area contributed by atoms with E-state index in [1.54, 1.807) is 0 Å². The quantitative estimate of drug-likeness (QED) is 0.520. The molecule has 0 spiro atoms. The van der Waals surface area contributed by atoms with Crippen molar-refractivity contribution >= 4 is 0 Å². The fourth-order valence-electron chi connectivity index (χ4n) is 1.03. The van der Waals surface area contributed by atoms with Crippen LogP contribution in [0.25, 0.3) is 0 Å². The smallest absolute Gasteiger partial charge is 0.119 e. The average Bonchev–Trinajstić information content (AvgIpc) is 2.25. The molecular weight excluding hydrogens is 172 g/mol. The van der Waals surface area contributed by atoms with Gasteiger partial charge in [0.25, 0.3) is 0 Å². The zero-order valence-electron chi connectivity index (χ0n) is 8.55. The highest BCUT2D eigenvalue weighted by atomic mass is 16.5. The van der Waals surface area contributed by atoms with Gasteiger partial charge in [-0.3, -0.25) is 0 Å². The van der Waals surface area contributed by atoms with E-state index in [1.165, 1.54) is 0 Å². The molecule has 0 saturated carbocycles. The number of ether oxygens (including phenoxy) is 1. The zero-order chi connectivity index (χ0) is 10.1. The van der Waals surface area contributed by atoms with Crippen molar-refractivity contribution < 1.29 is 4.74 Å². The highest BCUT2D eigenvalue weighted by Crippen LogP contribution is 2.08. The molecule has 0 fully saturated rings. The summed E-state index contributed by atoms with van der Waals surface area (Å²) in [6, 6.07) is 10.5. The summed E-state index contributed by atoms with van der Waals surface area (Å²) in [5.41, 5.74) is 0. The van der Waals surface area contributed by atoms with Gasteiger partial charge in [0.1, 0.15) is 5.75 Å². The van der Waals surface area contributed by atoms with Gasteiger partial charge >= 0.3 is 0 Å². The first kappa shape index (κ1) is 10.7. The zero-order valence-corrected chi connectivity index (χ0v) is 8.55. The summed E-state index contributed by atoms with van der Waals surface area (Å²) in [6.45, 7) is 2.80. The molecule has 1 aromatic carbocycles. The summed E-state index contributed by atoms with van der Waals surface area (Å²) < 4.78 is 5.50. The molecule has 0 aromatic heterocycles. The second kappa shape index (κ2) is 7.03. The summed E-state index contributed by atoms with van der Waals surface area (Å²) in [6.07, 6.45) is 2.85. The van der Waals surface area contributed by atoms with Gasteiger partial charge in [-0.15, -0.1) is 11.8 Å². The number of benzene rings is 1. The standard InChI is InChI=1S/C13H15O/c1-2-3-4-5-9-12-14-13-10-7-6-8-11-13/h7-8,10-11H,2,5,9,12H2,1H3. The molecule has 0 aliphatic heterocycles. The molecule has 0 N–H and O–H groups in total. The van der Waals surface area contributed by atoms with Crippen molar-refractivity contribution in [3.63, 3.8) is 0 Å². The van der Waals surface area contributed by atoms with Crippen molar-refractivity contribution in [3.05, 3.63) is 30.3 Å². The van der Waals surface area contributed by atoms with Gasteiger partial charge in [-0.05, 0) is 24.6 Å². The van der Waals surface area contributed by atoms with E-state index >= 15 is 0 Å². The second-order valence-corrected chi connectivity index (χ2v) is 2.89. The van der Waals surface area contributed by atoms with Crippen LogP contribution >= 0.6 is 0 Å². The Labute approximate surface area is 86.1 Å². The Morgan fingerprint density at radius 1 is 1.29 bits per heavy atom. The Balaban J connectivity index is 2.10. The fourth-order valence-corrected chi connectivity index (χ4v) is 1.03. The summed E-state index contributed by atoms with van der Waals surface area (Å²) in [4.78, 5) is 0. The maximum absolute atomic E-state index is 5.50. The fraction of sp³-hybridized carbons (Fsp3) is 0.385. The Morgan fingerprint density at radius 2 is 2.07 bits per heavy atom. The maximum Gasteiger partial charge on any atom is 0.119 e. The molecule has 0 aliphatic carbocycles. The van der Waals surface area contributed by atoms with Crippen LogP contribution in [0.1, 0.15) is 26.2 Å². The molecular formula is C13H15O. The van der Waals surface area contributed by atoms with Gasteiger partial charge in [-0.1, -0.05) is 19.1 Å². The number of unbranched alkanes of at least 4 members (excludes halogenated alkanes) is 1. The lowest BCUT2D eigenvalue weighted by Crippen LogP contribution is -1.95. The summed E-state index contributed by atoms with van der Waals surface area (Å²) >= 11 is 0. The van der Waals surface area contributed by atoms with Gasteiger partial charge < -0.3 is 4.74 Å². The first-order chi connectivity index (χ1) is 6.93. The Bertz CT molecular complexity index is 292. The molecule has 1 rings (SSSR count). The van der Waals surface area contributed by atoms with E-state index in [0.717, 1.165) is 31.6 Å². The predicted molar refractivity (Wildman–Crippen MR) is 58.1 cm³/mol. The van der Waals surface area contributed by atoms with Crippen LogP contribution in [0.2, 0.25) is 0 Å². The van der Waals surface area contributed by atoms with E-state index in [0.29, 0.717) is 0 Å². The molecule has 0 amide bonds. The van der Waals surface area contributed by atoms with Crippen LogP contribution in [-0.4, -0.2) is 6.61 Å². The average molecular weight is 187 g/mol. The lowest BCUT2D eigenvalue weighted by Gasteiger charge is -2.03. The highest BCUT2D eigenvalue weighted by molar-refractivity contribution is 5.20. The molecule has 0 heterocycles. The van der Waals surface area contributed by atoms with Gasteiger partial charge in [0.2, 0.25) is 0 Å². The third-order valence-corrected chi connectivity index (χ3v) is 1.70.